The van der Waals surface area contributed by atoms with E-state index in [0.29, 0.717) is 11.3 Å². The number of benzene rings is 2. The maximum Gasteiger partial charge on any atom is 0.240 e. The standard InChI is InChI=1S/C20H23N3O4/c1-12-4-5-13(2)17(10-12)21-19(26)8-9-20(27)23-22-14(3)16-7-6-15(24)11-18(16)25/h4-7,10-11,24-25H,8-9H2,1-3H3,(H,21,26)(H,23,27)/b22-14-. The molecule has 2 aromatic carbocycles. The highest BCUT2D eigenvalue weighted by molar-refractivity contribution is 6.01. The van der Waals surface area contributed by atoms with Gasteiger partial charge in [-0.15, -0.1) is 0 Å². The first-order chi connectivity index (χ1) is 12.8. The van der Waals surface area contributed by atoms with Gasteiger partial charge in [0.15, 0.2) is 0 Å². The van der Waals surface area contributed by atoms with Crippen LogP contribution in [0.25, 0.3) is 0 Å². The lowest BCUT2D eigenvalue weighted by atomic mass is 10.1. The minimum atomic E-state index is -0.413. The molecule has 0 aliphatic heterocycles. The minimum absolute atomic E-state index is 0.0188. The Morgan fingerprint density at radius 1 is 1.00 bits per heavy atom. The molecule has 0 spiro atoms. The van der Waals surface area contributed by atoms with Crippen LogP contribution in [0, 0.1) is 13.8 Å². The van der Waals surface area contributed by atoms with Crippen molar-refractivity contribution in [3.8, 4) is 11.5 Å². The summed E-state index contributed by atoms with van der Waals surface area (Å²) in [6.07, 6.45) is 0.00722. The highest BCUT2D eigenvalue weighted by Crippen LogP contribution is 2.23. The number of carbonyl (C=O) groups excluding carboxylic acids is 2. The minimum Gasteiger partial charge on any atom is -0.508 e. The molecule has 27 heavy (non-hydrogen) atoms. The van der Waals surface area contributed by atoms with Crippen LogP contribution in [0.1, 0.15) is 36.5 Å². The summed E-state index contributed by atoms with van der Waals surface area (Å²) in [5.41, 5.74) is 5.85. The maximum atomic E-state index is 12.0. The number of nitrogens with one attached hydrogen (secondary N) is 2. The zero-order valence-corrected chi connectivity index (χ0v) is 15.5. The van der Waals surface area contributed by atoms with Crippen LogP contribution >= 0.6 is 0 Å². The molecular weight excluding hydrogens is 346 g/mol. The summed E-state index contributed by atoms with van der Waals surface area (Å²) in [7, 11) is 0. The second-order valence-electron chi connectivity index (χ2n) is 6.30. The number of hydrazone groups is 1. The van der Waals surface area contributed by atoms with Gasteiger partial charge in [0.05, 0.1) is 5.71 Å². The Labute approximate surface area is 157 Å². The lowest BCUT2D eigenvalue weighted by Crippen LogP contribution is -2.22. The number of aromatic hydroxyl groups is 2. The van der Waals surface area contributed by atoms with Gasteiger partial charge in [0.1, 0.15) is 11.5 Å². The molecule has 0 fully saturated rings. The van der Waals surface area contributed by atoms with Crippen molar-refractivity contribution < 1.29 is 19.8 Å². The van der Waals surface area contributed by atoms with Gasteiger partial charge < -0.3 is 15.5 Å². The number of anilines is 1. The van der Waals surface area contributed by atoms with E-state index in [0.717, 1.165) is 16.8 Å². The van der Waals surface area contributed by atoms with E-state index in [9.17, 15) is 19.8 Å². The van der Waals surface area contributed by atoms with Crippen molar-refractivity contribution in [3.63, 3.8) is 0 Å². The number of hydrogen-bond donors (Lipinski definition) is 4. The number of hydrogen-bond acceptors (Lipinski definition) is 5. The van der Waals surface area contributed by atoms with Gasteiger partial charge in [-0.05, 0) is 50.1 Å². The number of phenolic OH excluding ortho intramolecular Hbond substituents is 2. The maximum absolute atomic E-state index is 12.0. The van der Waals surface area contributed by atoms with E-state index in [4.69, 9.17) is 0 Å². The molecule has 0 atom stereocenters. The number of nitrogens with zero attached hydrogens (tertiary/aromatic N) is 1. The molecule has 142 valence electrons. The van der Waals surface area contributed by atoms with Gasteiger partial charge in [0, 0.05) is 30.2 Å². The van der Waals surface area contributed by atoms with Gasteiger partial charge in [-0.25, -0.2) is 5.43 Å². The average Bonchev–Trinajstić information content (AvgIpc) is 2.61. The van der Waals surface area contributed by atoms with Crippen molar-refractivity contribution in [3.05, 3.63) is 53.1 Å². The molecule has 2 aromatic rings. The number of carbonyl (C=O) groups is 2. The van der Waals surface area contributed by atoms with Crippen LogP contribution in [-0.2, 0) is 9.59 Å². The fourth-order valence-corrected chi connectivity index (χ4v) is 2.40. The van der Waals surface area contributed by atoms with E-state index >= 15 is 0 Å². The Hall–Kier alpha value is -3.35. The van der Waals surface area contributed by atoms with E-state index in [2.05, 4.69) is 15.8 Å². The smallest absolute Gasteiger partial charge is 0.240 e. The third kappa shape index (κ3) is 5.85. The number of phenols is 2. The van der Waals surface area contributed by atoms with Crippen LogP contribution < -0.4 is 10.7 Å². The van der Waals surface area contributed by atoms with Gasteiger partial charge in [-0.1, -0.05) is 12.1 Å². The molecule has 0 aromatic heterocycles. The van der Waals surface area contributed by atoms with Crippen molar-refractivity contribution in [1.82, 2.24) is 5.43 Å². The molecule has 0 saturated heterocycles. The van der Waals surface area contributed by atoms with Crippen molar-refractivity contribution in [1.29, 1.82) is 0 Å². The third-order valence-electron chi connectivity index (χ3n) is 3.97. The first-order valence-electron chi connectivity index (χ1n) is 8.49. The SMILES string of the molecule is C/C(=N/NC(=O)CCC(=O)Nc1cc(C)ccc1C)c1ccc(O)cc1O. The van der Waals surface area contributed by atoms with Crippen LogP contribution in [0.2, 0.25) is 0 Å². The second kappa shape index (κ2) is 8.84. The lowest BCUT2D eigenvalue weighted by molar-refractivity contribution is -0.124. The highest BCUT2D eigenvalue weighted by Gasteiger charge is 2.10. The van der Waals surface area contributed by atoms with Crippen molar-refractivity contribution in [2.75, 3.05) is 5.32 Å². The number of aryl methyl sites for hydroxylation is 2. The van der Waals surface area contributed by atoms with Gasteiger partial charge in [-0.2, -0.15) is 5.10 Å². The molecular formula is C20H23N3O4. The first kappa shape index (κ1) is 20.0. The van der Waals surface area contributed by atoms with E-state index in [-0.39, 0.29) is 30.2 Å². The topological polar surface area (TPSA) is 111 Å². The fraction of sp³-hybridized carbons (Fsp3) is 0.250. The van der Waals surface area contributed by atoms with Crippen molar-refractivity contribution in [2.45, 2.75) is 33.6 Å². The van der Waals surface area contributed by atoms with Crippen LogP contribution in [-0.4, -0.2) is 27.7 Å². The van der Waals surface area contributed by atoms with E-state index < -0.39 is 5.91 Å². The molecule has 0 unspecified atom stereocenters. The molecule has 0 heterocycles. The van der Waals surface area contributed by atoms with Gasteiger partial charge in [-0.3, -0.25) is 9.59 Å². The van der Waals surface area contributed by atoms with E-state index in [1.54, 1.807) is 6.92 Å². The van der Waals surface area contributed by atoms with Crippen LogP contribution in [0.3, 0.4) is 0 Å². The Morgan fingerprint density at radius 2 is 1.70 bits per heavy atom. The molecule has 0 aliphatic carbocycles. The van der Waals surface area contributed by atoms with Crippen LogP contribution in [0.15, 0.2) is 41.5 Å². The summed E-state index contributed by atoms with van der Waals surface area (Å²) in [6, 6.07) is 9.86. The highest BCUT2D eigenvalue weighted by atomic mass is 16.3. The van der Waals surface area contributed by atoms with Gasteiger partial charge in [0.2, 0.25) is 11.8 Å². The normalized spacial score (nSPS) is 11.1. The van der Waals surface area contributed by atoms with E-state index in [1.807, 2.05) is 32.0 Å². The molecule has 0 saturated carbocycles. The lowest BCUT2D eigenvalue weighted by Gasteiger charge is -2.09. The molecule has 0 bridgehead atoms. The first-order valence-corrected chi connectivity index (χ1v) is 8.49. The average molecular weight is 369 g/mol. The summed E-state index contributed by atoms with van der Waals surface area (Å²) in [4.78, 5) is 23.9. The quantitative estimate of drug-likeness (QED) is 0.463. The third-order valence-corrected chi connectivity index (χ3v) is 3.97. The zero-order valence-electron chi connectivity index (χ0n) is 15.5. The molecule has 2 amide bonds. The monoisotopic (exact) mass is 369 g/mol. The second-order valence-corrected chi connectivity index (χ2v) is 6.30. The molecule has 4 N–H and O–H groups in total. The Balaban J connectivity index is 1.86. The number of rotatable bonds is 6. The molecule has 7 heteroatoms. The molecule has 0 radical (unpaired) electrons. The molecule has 7 nitrogen and oxygen atoms in total. The Morgan fingerprint density at radius 3 is 2.41 bits per heavy atom. The van der Waals surface area contributed by atoms with Crippen molar-refractivity contribution >= 4 is 23.2 Å². The predicted octanol–water partition coefficient (Wildman–Crippen LogP) is 2.97. The summed E-state index contributed by atoms with van der Waals surface area (Å²) < 4.78 is 0. The predicted molar refractivity (Wildman–Crippen MR) is 104 cm³/mol. The molecule has 0 aliphatic rings. The van der Waals surface area contributed by atoms with Crippen LogP contribution in [0.5, 0.6) is 11.5 Å². The van der Waals surface area contributed by atoms with Gasteiger partial charge in [0.25, 0.3) is 0 Å². The van der Waals surface area contributed by atoms with Crippen molar-refractivity contribution in [2.24, 2.45) is 5.10 Å². The van der Waals surface area contributed by atoms with Gasteiger partial charge >= 0.3 is 0 Å². The largest absolute Gasteiger partial charge is 0.508 e. The Bertz CT molecular complexity index is 891. The summed E-state index contributed by atoms with van der Waals surface area (Å²) in [5.74, 6) is -0.874. The molecule has 2 rings (SSSR count). The summed E-state index contributed by atoms with van der Waals surface area (Å²) in [5, 5.41) is 25.8. The van der Waals surface area contributed by atoms with E-state index in [1.165, 1.54) is 18.2 Å². The zero-order chi connectivity index (χ0) is 20.0. The summed E-state index contributed by atoms with van der Waals surface area (Å²) in [6.45, 7) is 5.45. The fourth-order valence-electron chi connectivity index (χ4n) is 2.40. The Kier molecular flexibility index (Phi) is 6.54. The van der Waals surface area contributed by atoms with Crippen LogP contribution in [0.4, 0.5) is 5.69 Å². The number of amides is 2. The summed E-state index contributed by atoms with van der Waals surface area (Å²) >= 11 is 0.